The van der Waals surface area contributed by atoms with Crippen LogP contribution in [0.3, 0.4) is 0 Å². The van der Waals surface area contributed by atoms with Gasteiger partial charge in [-0.25, -0.2) is 15.0 Å². The number of hydrogen-bond donors (Lipinski definition) is 7. The number of hydrogen-bond acceptors (Lipinski definition) is 12. The van der Waals surface area contributed by atoms with Crippen molar-refractivity contribution in [3.63, 3.8) is 0 Å². The van der Waals surface area contributed by atoms with Gasteiger partial charge in [-0.3, -0.25) is 14.2 Å². The van der Waals surface area contributed by atoms with Gasteiger partial charge in [0.05, 0.1) is 6.33 Å². The fourth-order valence-electron chi connectivity index (χ4n) is 5.07. The molecule has 0 radical (unpaired) electrons. The average molecular weight is 642 g/mol. The van der Waals surface area contributed by atoms with Crippen molar-refractivity contribution in [3.05, 3.63) is 12.7 Å². The van der Waals surface area contributed by atoms with Crippen LogP contribution in [0.1, 0.15) is 44.8 Å². The SMILES string of the molecule is Nc1ncnc2c1ncn2[C@@H]1O[C@H](C(=O)NCCCCCC(=O)N2CCCNCCNCCCNCC2)[C@@H](O)[C@H]1O.[Zn+2]. The molecule has 4 heterocycles. The van der Waals surface area contributed by atoms with E-state index >= 15 is 0 Å². The molecule has 0 spiro atoms. The molecule has 4 atom stereocenters. The number of nitrogen functional groups attached to an aromatic ring is 1. The monoisotopic (exact) mass is 640 g/mol. The van der Waals surface area contributed by atoms with E-state index in [4.69, 9.17) is 10.5 Å². The van der Waals surface area contributed by atoms with Crippen molar-refractivity contribution < 1.29 is 44.0 Å². The van der Waals surface area contributed by atoms with Gasteiger partial charge < -0.3 is 46.9 Å². The van der Waals surface area contributed by atoms with Crippen molar-refractivity contribution in [2.45, 2.75) is 63.1 Å². The zero-order valence-electron chi connectivity index (χ0n) is 24.2. The molecule has 0 unspecified atom stereocenters. The molecule has 228 valence electrons. The van der Waals surface area contributed by atoms with E-state index in [1.807, 2.05) is 4.90 Å². The molecule has 2 fully saturated rings. The second kappa shape index (κ2) is 17.7. The zero-order chi connectivity index (χ0) is 29.0. The first-order chi connectivity index (χ1) is 20.0. The number of aromatic nitrogens is 4. The summed E-state index contributed by atoms with van der Waals surface area (Å²) in [5, 5.41) is 34.1. The number of carbonyl (C=O) groups is 2. The third kappa shape index (κ3) is 9.34. The number of anilines is 1. The molecule has 42 heavy (non-hydrogen) atoms. The quantitative estimate of drug-likeness (QED) is 0.125. The number of aliphatic hydroxyl groups excluding tert-OH is 2. The summed E-state index contributed by atoms with van der Waals surface area (Å²) in [7, 11) is 0. The Balaban J connectivity index is 0.00000484. The van der Waals surface area contributed by atoms with Crippen molar-refractivity contribution in [2.24, 2.45) is 0 Å². The number of aliphatic hydroxyl groups is 2. The first-order valence-electron chi connectivity index (χ1n) is 14.6. The maximum absolute atomic E-state index is 12.9. The van der Waals surface area contributed by atoms with Gasteiger partial charge in [0.25, 0.3) is 5.91 Å². The predicted octanol–water partition coefficient (Wildman–Crippen LogP) is -1.91. The van der Waals surface area contributed by atoms with Crippen molar-refractivity contribution >= 4 is 28.8 Å². The summed E-state index contributed by atoms with van der Waals surface area (Å²) in [6.45, 7) is 7.28. The summed E-state index contributed by atoms with van der Waals surface area (Å²) in [5.41, 5.74) is 6.48. The van der Waals surface area contributed by atoms with Crippen LogP contribution in [0.25, 0.3) is 11.2 Å². The van der Waals surface area contributed by atoms with E-state index in [1.165, 1.54) is 17.2 Å². The molecule has 0 aliphatic carbocycles. The molecule has 2 aromatic heterocycles. The molecule has 4 rings (SSSR count). The molecule has 8 N–H and O–H groups in total. The minimum atomic E-state index is -1.43. The Kier molecular flexibility index (Phi) is 14.4. The molecule has 0 aromatic carbocycles. The Morgan fingerprint density at radius 3 is 2.48 bits per heavy atom. The molecule has 0 bridgehead atoms. The van der Waals surface area contributed by atoms with Gasteiger partial charge in [-0.15, -0.1) is 0 Å². The number of imidazole rings is 1. The van der Waals surface area contributed by atoms with Gasteiger partial charge in [-0.05, 0) is 45.3 Å². The number of fused-ring (bicyclic) bond motifs is 1. The molecule has 2 aliphatic heterocycles. The third-order valence-corrected chi connectivity index (χ3v) is 7.40. The van der Waals surface area contributed by atoms with E-state index in [0.29, 0.717) is 37.1 Å². The van der Waals surface area contributed by atoms with E-state index in [2.05, 4.69) is 36.2 Å². The van der Waals surface area contributed by atoms with E-state index in [0.717, 1.165) is 71.5 Å². The minimum absolute atomic E-state index is 0. The van der Waals surface area contributed by atoms with Crippen LogP contribution in [-0.4, -0.2) is 124 Å². The van der Waals surface area contributed by atoms with Crippen LogP contribution in [0, 0.1) is 0 Å². The zero-order valence-corrected chi connectivity index (χ0v) is 27.2. The third-order valence-electron chi connectivity index (χ3n) is 7.40. The molecule has 0 saturated carbocycles. The van der Waals surface area contributed by atoms with Crippen LogP contribution in [0.2, 0.25) is 0 Å². The van der Waals surface area contributed by atoms with Gasteiger partial charge >= 0.3 is 19.5 Å². The Morgan fingerprint density at radius 1 is 0.952 bits per heavy atom. The summed E-state index contributed by atoms with van der Waals surface area (Å²) < 4.78 is 7.15. The molecular weight excluding hydrogens is 598 g/mol. The molecule has 2 aromatic rings. The maximum atomic E-state index is 12.9. The van der Waals surface area contributed by atoms with Gasteiger partial charge in [0, 0.05) is 45.7 Å². The van der Waals surface area contributed by atoms with Crippen molar-refractivity contribution in [3.8, 4) is 0 Å². The van der Waals surface area contributed by atoms with E-state index in [9.17, 15) is 19.8 Å². The summed E-state index contributed by atoms with van der Waals surface area (Å²) in [6.07, 6.45) is 2.15. The smallest absolute Gasteiger partial charge is 0.387 e. The molecular formula is C26H44N10O5Zn+2. The van der Waals surface area contributed by atoms with Crippen LogP contribution in [0.5, 0.6) is 0 Å². The Bertz CT molecular complexity index is 1110. The normalized spacial score (nSPS) is 24.6. The number of unbranched alkanes of at least 4 members (excludes halogenated alkanes) is 2. The van der Waals surface area contributed by atoms with Crippen LogP contribution < -0.4 is 27.0 Å². The number of nitrogens with one attached hydrogen (secondary N) is 4. The Hall–Kier alpha value is -2.33. The number of nitrogens with two attached hydrogens (primary N) is 1. The summed E-state index contributed by atoms with van der Waals surface area (Å²) in [4.78, 5) is 39.7. The topological polar surface area (TPSA) is 205 Å². The molecule has 16 heteroatoms. The second-order valence-electron chi connectivity index (χ2n) is 10.5. The first kappa shape index (κ1) is 34.2. The van der Waals surface area contributed by atoms with Gasteiger partial charge in [0.1, 0.15) is 24.1 Å². The van der Waals surface area contributed by atoms with E-state index in [1.54, 1.807) is 0 Å². The van der Waals surface area contributed by atoms with E-state index < -0.39 is 30.4 Å². The van der Waals surface area contributed by atoms with Crippen LogP contribution in [-0.2, 0) is 33.8 Å². The molecule has 15 nitrogen and oxygen atoms in total. The van der Waals surface area contributed by atoms with Gasteiger partial charge in [0.15, 0.2) is 23.8 Å². The van der Waals surface area contributed by atoms with Gasteiger partial charge in [-0.2, -0.15) is 0 Å². The van der Waals surface area contributed by atoms with Gasteiger partial charge in [-0.1, -0.05) is 6.42 Å². The fourth-order valence-corrected chi connectivity index (χ4v) is 5.07. The fraction of sp³-hybridized carbons (Fsp3) is 0.731. The van der Waals surface area contributed by atoms with Crippen molar-refractivity contribution in [1.82, 2.24) is 45.7 Å². The van der Waals surface area contributed by atoms with Crippen LogP contribution in [0.15, 0.2) is 12.7 Å². The number of carbonyl (C=O) groups excluding carboxylic acids is 2. The molecule has 2 aliphatic rings. The van der Waals surface area contributed by atoms with Crippen molar-refractivity contribution in [1.29, 1.82) is 0 Å². The standard InChI is InChI=1S/C26H44N10O5.Zn/c27-23-19-24(33-16-32-23)36(17-34-19)26-21(39)20(38)22(41-26)25(40)31-10-3-1-2-6-18(37)35-14-5-9-29-12-11-28-7-4-8-30-13-15-35;/h16-17,20-22,26,28-30,38-39H,1-15H2,(H,31,40)(H2,27,32,33);/q;+2/t20-,21+,22-,26+;/m0./s1. The Labute approximate surface area is 258 Å². The summed E-state index contributed by atoms with van der Waals surface area (Å²) in [6, 6.07) is 0. The minimum Gasteiger partial charge on any atom is -0.387 e. The second-order valence-corrected chi connectivity index (χ2v) is 10.5. The number of amides is 2. The van der Waals surface area contributed by atoms with E-state index in [-0.39, 0.29) is 31.2 Å². The number of ether oxygens (including phenoxy) is 1. The summed E-state index contributed by atoms with van der Waals surface area (Å²) >= 11 is 0. The van der Waals surface area contributed by atoms with Crippen molar-refractivity contribution in [2.75, 3.05) is 64.6 Å². The van der Waals surface area contributed by atoms with Gasteiger partial charge in [0.2, 0.25) is 5.91 Å². The molecule has 2 amide bonds. The number of rotatable bonds is 8. The van der Waals surface area contributed by atoms with Crippen LogP contribution in [0.4, 0.5) is 5.82 Å². The summed E-state index contributed by atoms with van der Waals surface area (Å²) in [5.74, 6) is -0.183. The maximum Gasteiger partial charge on any atom is 2.00 e. The predicted molar refractivity (Wildman–Crippen MR) is 152 cm³/mol. The first-order valence-corrected chi connectivity index (χ1v) is 14.6. The van der Waals surface area contributed by atoms with Crippen LogP contribution >= 0.6 is 0 Å². The Morgan fingerprint density at radius 2 is 1.69 bits per heavy atom. The molecule has 2 saturated heterocycles. The average Bonchev–Trinajstić information content (AvgIpc) is 3.53. The number of nitrogens with zero attached hydrogens (tertiary/aromatic N) is 5. The largest absolute Gasteiger partial charge is 2.00 e.